The van der Waals surface area contributed by atoms with Crippen molar-refractivity contribution in [3.63, 3.8) is 0 Å². The maximum atomic E-state index is 13.7. The first-order valence-corrected chi connectivity index (χ1v) is 12.3. The zero-order valence-corrected chi connectivity index (χ0v) is 21.9. The van der Waals surface area contributed by atoms with Crippen LogP contribution in [0.5, 0.6) is 17.2 Å². The molecule has 0 radical (unpaired) electrons. The zero-order valence-electron chi connectivity index (χ0n) is 19.5. The van der Waals surface area contributed by atoms with E-state index in [1.807, 2.05) is 6.07 Å². The van der Waals surface area contributed by atoms with Crippen LogP contribution >= 0.6 is 27.3 Å². The number of nitrogens with zero attached hydrogens (tertiary/aromatic N) is 2. The van der Waals surface area contributed by atoms with Crippen LogP contribution in [-0.2, 0) is 9.53 Å². The van der Waals surface area contributed by atoms with Crippen LogP contribution in [0.2, 0.25) is 0 Å². The van der Waals surface area contributed by atoms with Gasteiger partial charge < -0.3 is 19.3 Å². The Hall–Kier alpha value is -3.37. The van der Waals surface area contributed by atoms with E-state index in [2.05, 4.69) is 20.9 Å². The number of benzene rings is 2. The number of hydrogen-bond acceptors (Lipinski definition) is 8. The van der Waals surface area contributed by atoms with Crippen molar-refractivity contribution < 1.29 is 24.1 Å². The number of esters is 1. The summed E-state index contributed by atoms with van der Waals surface area (Å²) < 4.78 is 18.4. The molecule has 10 heteroatoms. The Morgan fingerprint density at radius 2 is 1.97 bits per heavy atom. The highest BCUT2D eigenvalue weighted by molar-refractivity contribution is 9.10. The molecule has 8 nitrogen and oxygen atoms in total. The van der Waals surface area contributed by atoms with E-state index in [-0.39, 0.29) is 23.5 Å². The lowest BCUT2D eigenvalue weighted by Gasteiger charge is -2.25. The van der Waals surface area contributed by atoms with Crippen LogP contribution in [0.4, 0.5) is 0 Å². The second-order valence-electron chi connectivity index (χ2n) is 7.59. The van der Waals surface area contributed by atoms with Crippen LogP contribution < -0.4 is 24.4 Å². The van der Waals surface area contributed by atoms with Gasteiger partial charge in [-0.3, -0.25) is 9.36 Å². The lowest BCUT2D eigenvalue weighted by Crippen LogP contribution is -2.40. The summed E-state index contributed by atoms with van der Waals surface area (Å²) in [5.74, 6) is 0.311. The Balaban J connectivity index is 1.97. The van der Waals surface area contributed by atoms with Gasteiger partial charge in [-0.2, -0.15) is 0 Å². The minimum absolute atomic E-state index is 0.0696. The summed E-state index contributed by atoms with van der Waals surface area (Å²) in [6, 6.07) is 9.66. The summed E-state index contributed by atoms with van der Waals surface area (Å²) in [4.78, 5) is 31.7. The van der Waals surface area contributed by atoms with Gasteiger partial charge in [-0.25, -0.2) is 9.79 Å². The standard InChI is InChI=1S/C25H23BrN2O6S/c1-5-34-24(31)20-13(2)27-25-28(21(20)14-9-10-17(32-3)16(26)11-14)23(30)19(35-25)12-15-7-6-8-18(33-4)22(15)29/h6-12,21,29H,5H2,1-4H3/b19-12-/t21-/m1/s1. The molecule has 2 heterocycles. The average Bonchev–Trinajstić information content (AvgIpc) is 3.14. The Kier molecular flexibility index (Phi) is 7.13. The normalized spacial score (nSPS) is 15.5. The number of phenolic OH excluding ortho intramolecular Hbond substituents is 1. The summed E-state index contributed by atoms with van der Waals surface area (Å²) in [7, 11) is 3.02. The maximum Gasteiger partial charge on any atom is 0.338 e. The Morgan fingerprint density at radius 1 is 1.23 bits per heavy atom. The van der Waals surface area contributed by atoms with Gasteiger partial charge in [0.2, 0.25) is 0 Å². The number of aromatic nitrogens is 1. The number of phenols is 1. The number of methoxy groups -OCH3 is 2. The van der Waals surface area contributed by atoms with Crippen molar-refractivity contribution in [1.29, 1.82) is 0 Å². The Morgan fingerprint density at radius 3 is 2.63 bits per heavy atom. The van der Waals surface area contributed by atoms with Gasteiger partial charge in [0.05, 0.1) is 47.1 Å². The number of fused-ring (bicyclic) bond motifs is 1. The topological polar surface area (TPSA) is 99.4 Å². The van der Waals surface area contributed by atoms with Crippen molar-refractivity contribution in [2.45, 2.75) is 19.9 Å². The summed E-state index contributed by atoms with van der Waals surface area (Å²) >= 11 is 4.67. The van der Waals surface area contributed by atoms with E-state index in [0.717, 1.165) is 0 Å². The number of carbonyl (C=O) groups is 1. The number of rotatable bonds is 6. The van der Waals surface area contributed by atoms with Crippen molar-refractivity contribution in [3.8, 4) is 17.2 Å². The molecule has 0 saturated carbocycles. The van der Waals surface area contributed by atoms with Crippen LogP contribution in [0.25, 0.3) is 6.08 Å². The summed E-state index contributed by atoms with van der Waals surface area (Å²) in [6.45, 7) is 3.64. The fourth-order valence-electron chi connectivity index (χ4n) is 3.92. The molecule has 1 N–H and O–H groups in total. The van der Waals surface area contributed by atoms with Gasteiger partial charge in [-0.1, -0.05) is 29.5 Å². The highest BCUT2D eigenvalue weighted by Gasteiger charge is 2.33. The molecule has 0 spiro atoms. The molecule has 35 heavy (non-hydrogen) atoms. The number of ether oxygens (including phenoxy) is 3. The molecule has 0 saturated heterocycles. The summed E-state index contributed by atoms with van der Waals surface area (Å²) in [5, 5.41) is 10.5. The minimum atomic E-state index is -0.756. The van der Waals surface area contributed by atoms with Crippen molar-refractivity contribution in [3.05, 3.63) is 83.0 Å². The van der Waals surface area contributed by atoms with Gasteiger partial charge in [0, 0.05) is 5.56 Å². The van der Waals surface area contributed by atoms with E-state index in [9.17, 15) is 14.7 Å². The Labute approximate surface area is 213 Å². The molecule has 4 rings (SSSR count). The molecule has 1 aliphatic heterocycles. The van der Waals surface area contributed by atoms with E-state index in [4.69, 9.17) is 14.2 Å². The molecule has 182 valence electrons. The predicted octanol–water partition coefficient (Wildman–Crippen LogP) is 3.28. The number of hydrogen-bond donors (Lipinski definition) is 1. The third kappa shape index (κ3) is 4.51. The molecule has 0 amide bonds. The number of halogens is 1. The second-order valence-corrected chi connectivity index (χ2v) is 9.46. The highest BCUT2D eigenvalue weighted by Crippen LogP contribution is 2.35. The molecular weight excluding hydrogens is 536 g/mol. The second kappa shape index (κ2) is 10.1. The molecule has 2 aromatic carbocycles. The molecule has 0 fully saturated rings. The molecule has 0 unspecified atom stereocenters. The summed E-state index contributed by atoms with van der Waals surface area (Å²) in [6.07, 6.45) is 1.59. The van der Waals surface area contributed by atoms with Gasteiger partial charge in [0.1, 0.15) is 5.75 Å². The van der Waals surface area contributed by atoms with Gasteiger partial charge in [0.15, 0.2) is 16.3 Å². The first-order valence-electron chi connectivity index (χ1n) is 10.7. The molecule has 1 atom stereocenters. The average molecular weight is 559 g/mol. The van der Waals surface area contributed by atoms with E-state index in [0.29, 0.717) is 42.1 Å². The molecule has 0 bridgehead atoms. The largest absolute Gasteiger partial charge is 0.504 e. The van der Waals surface area contributed by atoms with Crippen LogP contribution in [0.1, 0.15) is 31.0 Å². The maximum absolute atomic E-state index is 13.7. The van der Waals surface area contributed by atoms with Crippen molar-refractivity contribution in [2.24, 2.45) is 4.99 Å². The third-order valence-corrected chi connectivity index (χ3v) is 7.15. The van der Waals surface area contributed by atoms with Crippen LogP contribution in [0.15, 0.2) is 61.9 Å². The van der Waals surface area contributed by atoms with E-state index >= 15 is 0 Å². The van der Waals surface area contributed by atoms with E-state index < -0.39 is 12.0 Å². The van der Waals surface area contributed by atoms with E-state index in [1.165, 1.54) is 23.0 Å². The fourth-order valence-corrected chi connectivity index (χ4v) is 5.52. The number of carbonyl (C=O) groups excluding carboxylic acids is 1. The zero-order chi connectivity index (χ0) is 25.3. The smallest absolute Gasteiger partial charge is 0.338 e. The van der Waals surface area contributed by atoms with Gasteiger partial charge >= 0.3 is 5.97 Å². The number of thiazole rings is 1. The number of aromatic hydroxyl groups is 1. The van der Waals surface area contributed by atoms with Crippen molar-refractivity contribution in [1.82, 2.24) is 4.57 Å². The molecule has 1 aliphatic rings. The first-order chi connectivity index (χ1) is 16.8. The van der Waals surface area contributed by atoms with Gasteiger partial charge in [-0.05, 0) is 59.6 Å². The van der Waals surface area contributed by atoms with E-state index in [1.54, 1.807) is 57.4 Å². The number of para-hydroxylation sites is 1. The fraction of sp³-hybridized carbons (Fsp3) is 0.240. The van der Waals surface area contributed by atoms with Crippen molar-refractivity contribution >= 4 is 39.3 Å². The molecule has 0 aliphatic carbocycles. The van der Waals surface area contributed by atoms with Crippen molar-refractivity contribution in [2.75, 3.05) is 20.8 Å². The predicted molar refractivity (Wildman–Crippen MR) is 136 cm³/mol. The monoisotopic (exact) mass is 558 g/mol. The van der Waals surface area contributed by atoms with Crippen LogP contribution in [-0.4, -0.2) is 36.5 Å². The molecular formula is C25H23BrN2O6S. The lowest BCUT2D eigenvalue weighted by atomic mass is 9.96. The summed E-state index contributed by atoms with van der Waals surface area (Å²) in [5.41, 5.74) is 1.53. The molecule has 1 aromatic heterocycles. The van der Waals surface area contributed by atoms with Gasteiger partial charge in [-0.15, -0.1) is 0 Å². The molecule has 3 aromatic rings. The SMILES string of the molecule is CCOC(=O)C1=C(C)N=c2s/c(=C\c3cccc(OC)c3O)c(=O)n2[C@@H]1c1ccc(OC)c(Br)c1. The Bertz CT molecular complexity index is 1520. The quantitative estimate of drug-likeness (QED) is 0.466. The van der Waals surface area contributed by atoms with Gasteiger partial charge in [0.25, 0.3) is 5.56 Å². The third-order valence-electron chi connectivity index (χ3n) is 5.55. The number of allylic oxidation sites excluding steroid dienone is 1. The minimum Gasteiger partial charge on any atom is -0.504 e. The first kappa shape index (κ1) is 24.7. The lowest BCUT2D eigenvalue weighted by molar-refractivity contribution is -0.139. The highest BCUT2D eigenvalue weighted by atomic mass is 79.9. The van der Waals surface area contributed by atoms with Crippen LogP contribution in [0, 0.1) is 0 Å². The van der Waals surface area contributed by atoms with Crippen LogP contribution in [0.3, 0.4) is 0 Å².